The molecule has 1 fully saturated rings. The second kappa shape index (κ2) is 8.61. The fraction of sp³-hybridized carbons (Fsp3) is 0.529. The Morgan fingerprint density at radius 2 is 1.92 bits per heavy atom. The largest absolute Gasteiger partial charge is 0.480 e. The molecule has 1 aliphatic rings. The van der Waals surface area contributed by atoms with E-state index in [0.29, 0.717) is 6.61 Å². The normalized spacial score (nSPS) is 18.7. The quantitative estimate of drug-likeness (QED) is 0.614. The van der Waals surface area contributed by atoms with E-state index in [1.165, 1.54) is 24.3 Å². The van der Waals surface area contributed by atoms with Crippen molar-refractivity contribution in [3.63, 3.8) is 0 Å². The maximum Gasteiger partial charge on any atom is 0.326 e. The van der Waals surface area contributed by atoms with Gasteiger partial charge < -0.3 is 15.2 Å². The molecule has 3 N–H and O–H groups in total. The van der Waals surface area contributed by atoms with Crippen molar-refractivity contribution in [1.82, 2.24) is 10.0 Å². The zero-order chi connectivity index (χ0) is 19.3. The Labute approximate surface area is 153 Å². The van der Waals surface area contributed by atoms with Gasteiger partial charge in [-0.1, -0.05) is 13.8 Å². The SMILES string of the molecule is CC(C)[C@H](NC(=O)c1ccc(S(=O)(=O)NCC2CCCO2)cc1)C(=O)O. The number of rotatable bonds is 8. The average molecular weight is 384 g/mol. The lowest BCUT2D eigenvalue weighted by Gasteiger charge is -2.18. The van der Waals surface area contributed by atoms with Crippen molar-refractivity contribution >= 4 is 21.9 Å². The molecule has 0 bridgehead atoms. The van der Waals surface area contributed by atoms with Gasteiger partial charge in [-0.25, -0.2) is 17.9 Å². The molecule has 1 aromatic carbocycles. The monoisotopic (exact) mass is 384 g/mol. The van der Waals surface area contributed by atoms with Gasteiger partial charge in [0.2, 0.25) is 10.0 Å². The highest BCUT2D eigenvalue weighted by molar-refractivity contribution is 7.89. The Kier molecular flexibility index (Phi) is 6.74. The maximum atomic E-state index is 12.3. The smallest absolute Gasteiger partial charge is 0.326 e. The van der Waals surface area contributed by atoms with Gasteiger partial charge in [-0.05, 0) is 43.0 Å². The lowest BCUT2D eigenvalue weighted by Crippen LogP contribution is -2.44. The number of amides is 1. The second-order valence-corrected chi connectivity index (χ2v) is 8.31. The van der Waals surface area contributed by atoms with Gasteiger partial charge in [-0.2, -0.15) is 0 Å². The molecule has 2 atom stereocenters. The van der Waals surface area contributed by atoms with Gasteiger partial charge in [0.25, 0.3) is 5.91 Å². The summed E-state index contributed by atoms with van der Waals surface area (Å²) in [7, 11) is -3.70. The van der Waals surface area contributed by atoms with E-state index in [9.17, 15) is 18.0 Å². The summed E-state index contributed by atoms with van der Waals surface area (Å²) in [5.41, 5.74) is 0.190. The molecule has 9 heteroatoms. The van der Waals surface area contributed by atoms with Crippen LogP contribution < -0.4 is 10.0 Å². The molecule has 1 saturated heterocycles. The molecule has 1 heterocycles. The number of benzene rings is 1. The molecule has 1 aliphatic heterocycles. The Morgan fingerprint density at radius 3 is 2.42 bits per heavy atom. The van der Waals surface area contributed by atoms with Crippen molar-refractivity contribution in [2.45, 2.75) is 43.7 Å². The summed E-state index contributed by atoms with van der Waals surface area (Å²) in [5, 5.41) is 11.6. The Hall–Kier alpha value is -1.97. The van der Waals surface area contributed by atoms with Crippen LogP contribution in [-0.4, -0.2) is 50.7 Å². The molecule has 0 saturated carbocycles. The lowest BCUT2D eigenvalue weighted by molar-refractivity contribution is -0.140. The first-order chi connectivity index (χ1) is 12.2. The third-order valence-corrected chi connectivity index (χ3v) is 5.61. The highest BCUT2D eigenvalue weighted by atomic mass is 32.2. The standard InChI is InChI=1S/C17H24N2O6S/c1-11(2)15(17(21)22)19-16(20)12-5-7-14(8-6-12)26(23,24)18-10-13-4-3-9-25-13/h5-8,11,13,15,18H,3-4,9-10H2,1-2H3,(H,19,20)(H,21,22)/t13?,15-/m0/s1. The molecule has 0 radical (unpaired) electrons. The third-order valence-electron chi connectivity index (χ3n) is 4.17. The van der Waals surface area contributed by atoms with Crippen LogP contribution in [0.2, 0.25) is 0 Å². The number of carbonyl (C=O) groups is 2. The van der Waals surface area contributed by atoms with Gasteiger partial charge in [-0.15, -0.1) is 0 Å². The Bertz CT molecular complexity index is 739. The van der Waals surface area contributed by atoms with Crippen LogP contribution in [0.5, 0.6) is 0 Å². The van der Waals surface area contributed by atoms with Crippen molar-refractivity contribution in [1.29, 1.82) is 0 Å². The van der Waals surface area contributed by atoms with Crippen molar-refractivity contribution in [2.75, 3.05) is 13.2 Å². The molecular weight excluding hydrogens is 360 g/mol. The van der Waals surface area contributed by atoms with Crippen LogP contribution in [0.3, 0.4) is 0 Å². The van der Waals surface area contributed by atoms with E-state index in [1.807, 2.05) is 0 Å². The molecular formula is C17H24N2O6S. The fourth-order valence-electron chi connectivity index (χ4n) is 2.61. The van der Waals surface area contributed by atoms with E-state index in [1.54, 1.807) is 13.8 Å². The summed E-state index contributed by atoms with van der Waals surface area (Å²) in [4.78, 5) is 23.4. The molecule has 8 nitrogen and oxygen atoms in total. The van der Waals surface area contributed by atoms with Gasteiger partial charge in [0.05, 0.1) is 11.0 Å². The van der Waals surface area contributed by atoms with E-state index in [2.05, 4.69) is 10.0 Å². The summed E-state index contributed by atoms with van der Waals surface area (Å²) >= 11 is 0. The zero-order valence-corrected chi connectivity index (χ0v) is 15.6. The van der Waals surface area contributed by atoms with E-state index >= 15 is 0 Å². The van der Waals surface area contributed by atoms with E-state index in [4.69, 9.17) is 9.84 Å². The molecule has 0 aliphatic carbocycles. The summed E-state index contributed by atoms with van der Waals surface area (Å²) < 4.78 is 32.4. The van der Waals surface area contributed by atoms with Crippen LogP contribution in [0.25, 0.3) is 0 Å². The summed E-state index contributed by atoms with van der Waals surface area (Å²) in [6, 6.07) is 4.33. The highest BCUT2D eigenvalue weighted by Crippen LogP contribution is 2.14. The number of ether oxygens (including phenoxy) is 1. The van der Waals surface area contributed by atoms with E-state index < -0.39 is 27.9 Å². The molecule has 144 valence electrons. The first kappa shape index (κ1) is 20.3. The van der Waals surface area contributed by atoms with Gasteiger partial charge in [-0.3, -0.25) is 4.79 Å². The molecule has 0 spiro atoms. The predicted molar refractivity (Wildman–Crippen MR) is 94.3 cm³/mol. The zero-order valence-electron chi connectivity index (χ0n) is 14.8. The van der Waals surface area contributed by atoms with Crippen molar-refractivity contribution in [3.8, 4) is 0 Å². The average Bonchev–Trinajstić information content (AvgIpc) is 3.11. The number of hydrogen-bond donors (Lipinski definition) is 3. The molecule has 0 aromatic heterocycles. The number of carbonyl (C=O) groups excluding carboxylic acids is 1. The molecule has 2 rings (SSSR count). The van der Waals surface area contributed by atoms with Crippen LogP contribution in [-0.2, 0) is 19.6 Å². The predicted octanol–water partition coefficient (Wildman–Crippen LogP) is 0.983. The lowest BCUT2D eigenvalue weighted by atomic mass is 10.0. The Morgan fingerprint density at radius 1 is 1.27 bits per heavy atom. The van der Waals surface area contributed by atoms with Crippen LogP contribution in [0.15, 0.2) is 29.2 Å². The highest BCUT2D eigenvalue weighted by Gasteiger charge is 2.24. The number of sulfonamides is 1. The van der Waals surface area contributed by atoms with Gasteiger partial charge >= 0.3 is 5.97 Å². The third kappa shape index (κ3) is 5.26. The van der Waals surface area contributed by atoms with Gasteiger partial charge in [0.15, 0.2) is 0 Å². The molecule has 1 aromatic rings. The van der Waals surface area contributed by atoms with Gasteiger partial charge in [0.1, 0.15) is 6.04 Å². The van der Waals surface area contributed by atoms with E-state index in [0.717, 1.165) is 12.8 Å². The van der Waals surface area contributed by atoms with Gasteiger partial charge in [0, 0.05) is 18.7 Å². The van der Waals surface area contributed by atoms with Crippen LogP contribution in [0.1, 0.15) is 37.0 Å². The molecule has 1 amide bonds. The number of nitrogens with one attached hydrogen (secondary N) is 2. The first-order valence-electron chi connectivity index (χ1n) is 8.45. The number of carboxylic acids is 1. The number of hydrogen-bond acceptors (Lipinski definition) is 5. The minimum Gasteiger partial charge on any atom is -0.480 e. The minimum absolute atomic E-state index is 0.0330. The molecule has 1 unspecified atom stereocenters. The summed E-state index contributed by atoms with van der Waals surface area (Å²) in [6.07, 6.45) is 1.63. The summed E-state index contributed by atoms with van der Waals surface area (Å²) in [5.74, 6) is -1.97. The van der Waals surface area contributed by atoms with Crippen molar-refractivity contribution < 1.29 is 27.9 Å². The number of carboxylic acid groups (broad SMARTS) is 1. The van der Waals surface area contributed by atoms with Crippen LogP contribution >= 0.6 is 0 Å². The number of aliphatic carboxylic acids is 1. The van der Waals surface area contributed by atoms with Crippen LogP contribution in [0, 0.1) is 5.92 Å². The Balaban J connectivity index is 2.02. The first-order valence-corrected chi connectivity index (χ1v) is 9.94. The summed E-state index contributed by atoms with van der Waals surface area (Å²) in [6.45, 7) is 4.23. The van der Waals surface area contributed by atoms with Crippen molar-refractivity contribution in [2.24, 2.45) is 5.92 Å². The topological polar surface area (TPSA) is 122 Å². The maximum absolute atomic E-state index is 12.3. The van der Waals surface area contributed by atoms with Crippen LogP contribution in [0.4, 0.5) is 0 Å². The van der Waals surface area contributed by atoms with Crippen molar-refractivity contribution in [3.05, 3.63) is 29.8 Å². The molecule has 26 heavy (non-hydrogen) atoms. The second-order valence-electron chi connectivity index (χ2n) is 6.54. The minimum atomic E-state index is -3.70. The fourth-order valence-corrected chi connectivity index (χ4v) is 3.68. The van der Waals surface area contributed by atoms with E-state index in [-0.39, 0.29) is 29.0 Å².